The molecule has 0 heterocycles. The molecule has 4 rings (SSSR count). The number of fused-ring (bicyclic) bond motifs is 1. The minimum atomic E-state index is 0.210. The van der Waals surface area contributed by atoms with E-state index in [9.17, 15) is 0 Å². The summed E-state index contributed by atoms with van der Waals surface area (Å²) in [7, 11) is 0. The molecule has 2 heteroatoms. The van der Waals surface area contributed by atoms with Crippen LogP contribution in [0.15, 0.2) is 60.7 Å². The minimum absolute atomic E-state index is 0.210. The first-order valence-corrected chi connectivity index (χ1v) is 16.7. The molecule has 0 spiro atoms. The zero-order valence-electron chi connectivity index (χ0n) is 19.8. The van der Waals surface area contributed by atoms with Gasteiger partial charge in [-0.3, -0.25) is 0 Å². The Hall–Kier alpha value is -1.50. The van der Waals surface area contributed by atoms with Gasteiger partial charge in [-0.2, -0.15) is 28.3 Å². The van der Waals surface area contributed by atoms with Gasteiger partial charge in [0.25, 0.3) is 0 Å². The van der Waals surface area contributed by atoms with Crippen LogP contribution < -0.4 is 0 Å². The third-order valence-corrected chi connectivity index (χ3v) is 5.65. The van der Waals surface area contributed by atoms with Crippen molar-refractivity contribution in [1.29, 1.82) is 0 Å². The summed E-state index contributed by atoms with van der Waals surface area (Å²) in [5, 5.41) is 2.70. The fraction of sp³-hybridized carbons (Fsp3) is 0.286. The molecular weight excluding hydrogens is 456 g/mol. The van der Waals surface area contributed by atoms with Crippen molar-refractivity contribution < 1.29 is 23.3 Å². The zero-order chi connectivity index (χ0) is 22.4. The van der Waals surface area contributed by atoms with Crippen molar-refractivity contribution in [2.24, 2.45) is 0 Å². The molecule has 154 valence electrons. The summed E-state index contributed by atoms with van der Waals surface area (Å²) in [6, 6.07) is 21.8. The van der Waals surface area contributed by atoms with E-state index < -0.39 is 0 Å². The van der Waals surface area contributed by atoms with E-state index in [0.29, 0.717) is 0 Å². The molecule has 0 saturated carbocycles. The van der Waals surface area contributed by atoms with E-state index in [2.05, 4.69) is 115 Å². The zero-order valence-corrected chi connectivity index (χ0v) is 23.2. The van der Waals surface area contributed by atoms with Crippen LogP contribution in [0.2, 0.25) is 13.1 Å². The van der Waals surface area contributed by atoms with E-state index in [1.165, 1.54) is 55.3 Å². The van der Waals surface area contributed by atoms with Gasteiger partial charge in [-0.25, -0.2) is 0 Å². The Morgan fingerprint density at radius 2 is 1.27 bits per heavy atom. The molecule has 0 amide bonds. The number of benzene rings is 2. The number of hydrogen-bond donors (Lipinski definition) is 0. The normalized spacial score (nSPS) is 10.2. The maximum Gasteiger partial charge on any atom is -0.0411 e. The van der Waals surface area contributed by atoms with Crippen LogP contribution in [0.5, 0.6) is 0 Å². The van der Waals surface area contributed by atoms with Crippen LogP contribution in [0, 0.1) is 41.5 Å². The molecule has 0 aromatic heterocycles. The van der Waals surface area contributed by atoms with Gasteiger partial charge in [0.15, 0.2) is 0 Å². The molecule has 0 fully saturated rings. The fourth-order valence-electron chi connectivity index (χ4n) is 3.47. The second kappa shape index (κ2) is 11.2. The maximum absolute atomic E-state index is 2.31. The molecule has 4 aromatic carbocycles. The summed E-state index contributed by atoms with van der Waals surface area (Å²) in [6.07, 6.45) is 0. The first-order valence-electron chi connectivity index (χ1n) is 10.6. The molecule has 0 bridgehead atoms. The van der Waals surface area contributed by atoms with E-state index in [4.69, 9.17) is 0 Å². The minimum Gasteiger partial charge on any atom is -0.196 e. The largest absolute Gasteiger partial charge is 0.196 e. The van der Waals surface area contributed by atoms with E-state index >= 15 is 0 Å². The topological polar surface area (TPSA) is 0 Å². The second-order valence-electron chi connectivity index (χ2n) is 8.40. The molecule has 0 unspecified atom stereocenters. The Morgan fingerprint density at radius 3 is 1.73 bits per heavy atom. The third-order valence-electron chi connectivity index (χ3n) is 5.65. The number of aryl methyl sites for hydroxylation is 4. The van der Waals surface area contributed by atoms with Crippen LogP contribution in [-0.2, 0) is 23.3 Å². The quantitative estimate of drug-likeness (QED) is 0.186. The standard InChI is InChI=1S/C17H15.C9H13.C2H6Si.Zr/c1-12-10-15-8-9-16(17(15)11-13(12)2)14-6-4-3-5-7-14;1-6-5-7(2)9(4)8(6)3;1-3-2;/h3-11H,1-2H3;5H,1-4H3;1-2H3;/q2*-1;;+2. The van der Waals surface area contributed by atoms with Gasteiger partial charge in [-0.15, -0.1) is 40.6 Å². The van der Waals surface area contributed by atoms with E-state index in [1.807, 2.05) is 0 Å². The van der Waals surface area contributed by atoms with Gasteiger partial charge in [0.05, 0.1) is 0 Å². The van der Waals surface area contributed by atoms with Crippen molar-refractivity contribution in [2.45, 2.75) is 54.6 Å². The van der Waals surface area contributed by atoms with Gasteiger partial charge in [0, 0.05) is 0 Å². The third kappa shape index (κ3) is 6.50. The molecule has 0 nitrogen and oxygen atoms in total. The molecule has 0 aliphatic heterocycles. The molecule has 4 aromatic rings. The summed E-state index contributed by atoms with van der Waals surface area (Å²) in [6.45, 7) is 17.6. The van der Waals surface area contributed by atoms with E-state index in [0.717, 1.165) is 0 Å². The van der Waals surface area contributed by atoms with Crippen molar-refractivity contribution in [3.8, 4) is 11.1 Å². The van der Waals surface area contributed by atoms with Gasteiger partial charge in [0.2, 0.25) is 0 Å². The molecule has 0 radical (unpaired) electrons. The molecular formula is C28H34SiZr. The van der Waals surface area contributed by atoms with Gasteiger partial charge < -0.3 is 0 Å². The Bertz CT molecular complexity index is 1100. The molecule has 30 heavy (non-hydrogen) atoms. The Labute approximate surface area is 198 Å². The SMILES string of the molecule is C[Si](C)=[Zr+2].Cc1[cH-]c(C)c(C)c1C.Cc1cc2[cH-]cc(-c3ccccc3)c2cc1C. The smallest absolute Gasteiger partial charge is 0.0411 e. The van der Waals surface area contributed by atoms with Crippen LogP contribution in [0.3, 0.4) is 0 Å². The Kier molecular flexibility index (Phi) is 9.26. The van der Waals surface area contributed by atoms with Crippen molar-refractivity contribution in [3.63, 3.8) is 0 Å². The molecule has 0 atom stereocenters. The summed E-state index contributed by atoms with van der Waals surface area (Å²) in [5.74, 6) is 0. The van der Waals surface area contributed by atoms with Crippen LogP contribution >= 0.6 is 0 Å². The van der Waals surface area contributed by atoms with Crippen molar-refractivity contribution in [2.75, 3.05) is 0 Å². The summed E-state index contributed by atoms with van der Waals surface area (Å²) in [5.41, 5.74) is 11.3. The number of rotatable bonds is 1. The molecule has 0 aliphatic carbocycles. The van der Waals surface area contributed by atoms with Crippen LogP contribution in [0.25, 0.3) is 21.9 Å². The van der Waals surface area contributed by atoms with Gasteiger partial charge in [-0.1, -0.05) is 74.7 Å². The Balaban J connectivity index is 0.000000207. The first-order chi connectivity index (χ1) is 14.1. The van der Waals surface area contributed by atoms with Crippen LogP contribution in [0.4, 0.5) is 0 Å². The monoisotopic (exact) mass is 488 g/mol. The molecule has 0 aliphatic rings. The maximum atomic E-state index is 2.31. The Morgan fingerprint density at radius 1 is 0.767 bits per heavy atom. The first kappa shape index (κ1) is 24.8. The van der Waals surface area contributed by atoms with Crippen molar-refractivity contribution in [3.05, 3.63) is 94.0 Å². The fourth-order valence-corrected chi connectivity index (χ4v) is 3.47. The average Bonchev–Trinajstić information content (AvgIpc) is 3.19. The van der Waals surface area contributed by atoms with E-state index in [1.54, 1.807) is 23.3 Å². The second-order valence-corrected chi connectivity index (χ2v) is 17.8. The predicted molar refractivity (Wildman–Crippen MR) is 133 cm³/mol. The summed E-state index contributed by atoms with van der Waals surface area (Å²) in [4.78, 5) is 0. The van der Waals surface area contributed by atoms with Crippen LogP contribution in [0.1, 0.15) is 33.4 Å². The molecule has 0 saturated heterocycles. The number of hydrogen-bond acceptors (Lipinski definition) is 0. The van der Waals surface area contributed by atoms with Gasteiger partial charge in [-0.05, 0) is 13.8 Å². The van der Waals surface area contributed by atoms with Gasteiger partial charge >= 0.3 is 41.9 Å². The van der Waals surface area contributed by atoms with Crippen LogP contribution in [-0.4, -0.2) is 5.43 Å². The summed E-state index contributed by atoms with van der Waals surface area (Å²) < 4.78 is 0. The average molecular weight is 490 g/mol. The van der Waals surface area contributed by atoms with E-state index in [-0.39, 0.29) is 5.43 Å². The summed E-state index contributed by atoms with van der Waals surface area (Å²) >= 11 is 1.74. The van der Waals surface area contributed by atoms with Crippen molar-refractivity contribution >= 4 is 16.2 Å². The molecule has 0 N–H and O–H groups in total. The van der Waals surface area contributed by atoms with Crippen molar-refractivity contribution in [1.82, 2.24) is 0 Å². The van der Waals surface area contributed by atoms with Gasteiger partial charge in [0.1, 0.15) is 0 Å². The predicted octanol–water partition coefficient (Wildman–Crippen LogP) is 8.27.